The van der Waals surface area contributed by atoms with Crippen molar-refractivity contribution in [2.24, 2.45) is 17.8 Å². The number of ether oxygens (including phenoxy) is 20. The molecular weight excluding hydrogens is 1030 g/mol. The van der Waals surface area contributed by atoms with Gasteiger partial charge in [0.05, 0.1) is 251 Å². The topological polar surface area (TPSA) is 202 Å². The van der Waals surface area contributed by atoms with Crippen LogP contribution < -0.4 is 0 Å². The van der Waals surface area contributed by atoms with Crippen LogP contribution in [-0.4, -0.2) is 271 Å². The molecule has 0 aliphatic rings. The summed E-state index contributed by atoms with van der Waals surface area (Å²) in [6.45, 7) is 31.3. The molecule has 0 radical (unpaired) electrons. The van der Waals surface area contributed by atoms with Gasteiger partial charge in [0, 0.05) is 19.3 Å². The number of carbonyl (C=O) groups is 1. The highest BCUT2D eigenvalue weighted by atomic mass is 16.6. The molecule has 3 atom stereocenters. The zero-order chi connectivity index (χ0) is 57.3. The van der Waals surface area contributed by atoms with Gasteiger partial charge in [-0.3, -0.25) is 4.79 Å². The lowest BCUT2D eigenvalue weighted by Gasteiger charge is -2.20. The lowest BCUT2D eigenvalue weighted by molar-refractivity contribution is -0.0314. The first-order valence-corrected chi connectivity index (χ1v) is 28.9. The summed E-state index contributed by atoms with van der Waals surface area (Å²) in [7, 11) is 1.65. The highest BCUT2D eigenvalue weighted by Gasteiger charge is 2.12. The molecule has 0 saturated heterocycles. The smallest absolute Gasteiger partial charge is 0.159 e. The van der Waals surface area contributed by atoms with Crippen molar-refractivity contribution in [2.75, 3.05) is 265 Å². The average Bonchev–Trinajstić information content (AvgIpc) is 3.45. The number of hydrogen-bond donors (Lipinski definition) is 0. The second kappa shape index (κ2) is 66.9. The van der Waals surface area contributed by atoms with Crippen LogP contribution in [0.3, 0.4) is 0 Å². The van der Waals surface area contributed by atoms with Crippen LogP contribution in [0.4, 0.5) is 0 Å². The van der Waals surface area contributed by atoms with Crippen molar-refractivity contribution in [3.05, 3.63) is 35.9 Å². The van der Waals surface area contributed by atoms with E-state index in [4.69, 9.17) is 94.7 Å². The second-order valence-corrected chi connectivity index (χ2v) is 18.2. The summed E-state index contributed by atoms with van der Waals surface area (Å²) < 4.78 is 110. The third-order valence-corrected chi connectivity index (χ3v) is 11.0. The number of methoxy groups -OCH3 is 1. The van der Waals surface area contributed by atoms with Gasteiger partial charge in [-0.15, -0.1) is 0 Å². The van der Waals surface area contributed by atoms with Gasteiger partial charge in [-0.05, 0) is 37.5 Å². The minimum atomic E-state index is 0.121. The Morgan fingerprint density at radius 3 is 0.696 bits per heavy atom. The van der Waals surface area contributed by atoms with Crippen molar-refractivity contribution in [3.63, 3.8) is 0 Å². The molecule has 3 unspecified atom stereocenters. The summed E-state index contributed by atoms with van der Waals surface area (Å²) in [5.74, 6) is 2.25. The first kappa shape index (κ1) is 77.1. The van der Waals surface area contributed by atoms with Crippen LogP contribution in [0.5, 0.6) is 0 Å². The van der Waals surface area contributed by atoms with Gasteiger partial charge < -0.3 is 94.7 Å². The molecule has 0 amide bonds. The predicted octanol–water partition coefficient (Wildman–Crippen LogP) is 5.94. The molecule has 0 spiro atoms. The SMILES string of the molecule is CC(=O)c1ccccc1.CCC(C)CC(C)CC(C)COCCOCCOCCOCCOCCOCCOCCOCCOCCOCCOCCOCCOCCOCCOCCOCCOCCOCCOCCOC. The number of carbonyl (C=O) groups excluding carboxylic acids is 1. The largest absolute Gasteiger partial charge is 0.382 e. The normalized spacial score (nSPS) is 12.7. The zero-order valence-electron chi connectivity index (χ0n) is 49.9. The van der Waals surface area contributed by atoms with E-state index >= 15 is 0 Å². The lowest BCUT2D eigenvalue weighted by Crippen LogP contribution is -2.16. The molecule has 468 valence electrons. The van der Waals surface area contributed by atoms with Crippen LogP contribution in [0.15, 0.2) is 30.3 Å². The van der Waals surface area contributed by atoms with Crippen LogP contribution in [0, 0.1) is 17.8 Å². The Bertz CT molecular complexity index is 1290. The van der Waals surface area contributed by atoms with E-state index in [1.807, 2.05) is 30.3 Å². The van der Waals surface area contributed by atoms with Gasteiger partial charge in [0.15, 0.2) is 5.78 Å². The Hall–Kier alpha value is -1.91. The average molecular weight is 1140 g/mol. The maximum absolute atomic E-state index is 10.6. The fourth-order valence-corrected chi connectivity index (χ4v) is 6.76. The number of benzene rings is 1. The van der Waals surface area contributed by atoms with Gasteiger partial charge >= 0.3 is 0 Å². The van der Waals surface area contributed by atoms with Gasteiger partial charge in [0.2, 0.25) is 0 Å². The summed E-state index contributed by atoms with van der Waals surface area (Å²) in [5.41, 5.74) is 0.775. The van der Waals surface area contributed by atoms with E-state index in [0.717, 1.165) is 24.0 Å². The van der Waals surface area contributed by atoms with Crippen molar-refractivity contribution in [1.29, 1.82) is 0 Å². The summed E-state index contributed by atoms with van der Waals surface area (Å²) in [4.78, 5) is 10.6. The Morgan fingerprint density at radius 2 is 0.506 bits per heavy atom. The predicted molar refractivity (Wildman–Crippen MR) is 301 cm³/mol. The molecule has 0 aliphatic heterocycles. The maximum Gasteiger partial charge on any atom is 0.159 e. The molecule has 0 saturated carbocycles. The van der Waals surface area contributed by atoms with Crippen LogP contribution in [0.1, 0.15) is 64.2 Å². The first-order chi connectivity index (χ1) is 38.9. The number of Topliss-reactive ketones (excluding diaryl/α,β-unsaturated/α-hetero) is 1. The highest BCUT2D eigenvalue weighted by Crippen LogP contribution is 2.21. The quantitative estimate of drug-likeness (QED) is 0.0548. The van der Waals surface area contributed by atoms with Crippen LogP contribution in [-0.2, 0) is 94.7 Å². The molecule has 1 aromatic carbocycles. The molecule has 1 aromatic rings. The third kappa shape index (κ3) is 65.1. The Morgan fingerprint density at radius 1 is 0.304 bits per heavy atom. The van der Waals surface area contributed by atoms with Gasteiger partial charge in [0.25, 0.3) is 0 Å². The fraction of sp³-hybridized carbons (Fsp3) is 0.879. The Kier molecular flexibility index (Phi) is 65.3. The first-order valence-electron chi connectivity index (χ1n) is 28.9. The Balaban J connectivity index is 0.00000608. The van der Waals surface area contributed by atoms with E-state index in [1.54, 1.807) is 14.0 Å². The molecule has 0 aliphatic carbocycles. The van der Waals surface area contributed by atoms with E-state index in [1.165, 1.54) is 19.3 Å². The van der Waals surface area contributed by atoms with Crippen LogP contribution in [0.25, 0.3) is 0 Å². The number of rotatable bonds is 65. The van der Waals surface area contributed by atoms with Crippen molar-refractivity contribution >= 4 is 5.78 Å². The van der Waals surface area contributed by atoms with Crippen molar-refractivity contribution in [1.82, 2.24) is 0 Å². The molecule has 0 N–H and O–H groups in total. The summed E-state index contributed by atoms with van der Waals surface area (Å²) in [6, 6.07) is 9.23. The lowest BCUT2D eigenvalue weighted by atomic mass is 9.89. The van der Waals surface area contributed by atoms with Crippen LogP contribution >= 0.6 is 0 Å². The van der Waals surface area contributed by atoms with E-state index in [2.05, 4.69) is 27.7 Å². The number of ketones is 1. The summed E-state index contributed by atoms with van der Waals surface area (Å²) >= 11 is 0. The zero-order valence-corrected chi connectivity index (χ0v) is 49.9. The van der Waals surface area contributed by atoms with Crippen LogP contribution in [0.2, 0.25) is 0 Å². The van der Waals surface area contributed by atoms with E-state index in [0.29, 0.717) is 257 Å². The molecule has 21 heteroatoms. The molecule has 79 heavy (non-hydrogen) atoms. The molecule has 0 aromatic heterocycles. The van der Waals surface area contributed by atoms with Crippen molar-refractivity contribution < 1.29 is 99.5 Å². The molecule has 0 heterocycles. The van der Waals surface area contributed by atoms with E-state index in [-0.39, 0.29) is 5.78 Å². The molecule has 1 rings (SSSR count). The second-order valence-electron chi connectivity index (χ2n) is 18.2. The summed E-state index contributed by atoms with van der Waals surface area (Å²) in [5, 5.41) is 0. The number of hydrogen-bond acceptors (Lipinski definition) is 21. The molecular formula is C58H110O21. The van der Waals surface area contributed by atoms with E-state index in [9.17, 15) is 4.79 Å². The van der Waals surface area contributed by atoms with E-state index < -0.39 is 0 Å². The molecule has 0 bridgehead atoms. The molecule has 0 fully saturated rings. The van der Waals surface area contributed by atoms with Gasteiger partial charge in [-0.1, -0.05) is 64.4 Å². The monoisotopic (exact) mass is 1140 g/mol. The van der Waals surface area contributed by atoms with Gasteiger partial charge in [0.1, 0.15) is 0 Å². The minimum absolute atomic E-state index is 0.121. The standard InChI is InChI=1S/C50H102O20.C8H8O/c1-6-48(2)45-49(3)46-50(4)47-70-44-43-69-42-41-68-40-39-67-38-37-66-36-35-65-34-33-64-32-31-63-30-29-62-28-27-61-26-25-60-24-23-59-22-21-58-20-19-57-18-17-56-16-15-55-14-13-54-12-11-53-10-9-52-8-7-51-5;1-7(9)8-5-3-2-4-6-8/h48-50H,6-47H2,1-5H3;2-6H,1H3. The van der Waals surface area contributed by atoms with Crippen molar-refractivity contribution in [3.8, 4) is 0 Å². The van der Waals surface area contributed by atoms with Gasteiger partial charge in [-0.25, -0.2) is 0 Å². The highest BCUT2D eigenvalue weighted by molar-refractivity contribution is 5.93. The molecule has 21 nitrogen and oxygen atoms in total. The minimum Gasteiger partial charge on any atom is -0.382 e. The van der Waals surface area contributed by atoms with Crippen molar-refractivity contribution in [2.45, 2.75) is 53.9 Å². The summed E-state index contributed by atoms with van der Waals surface area (Å²) in [6.07, 6.45) is 3.77. The maximum atomic E-state index is 10.6. The van der Waals surface area contributed by atoms with Gasteiger partial charge in [-0.2, -0.15) is 0 Å². The Labute approximate surface area is 476 Å². The fourth-order valence-electron chi connectivity index (χ4n) is 6.76. The third-order valence-electron chi connectivity index (χ3n) is 11.0.